The molecule has 1 aromatic carbocycles. The van der Waals surface area contributed by atoms with Crippen LogP contribution in [0.25, 0.3) is 0 Å². The monoisotopic (exact) mass is 268 g/mol. The molecule has 0 saturated heterocycles. The van der Waals surface area contributed by atoms with Gasteiger partial charge >= 0.3 is 60.4 Å². The molecule has 0 fully saturated rings. The van der Waals surface area contributed by atoms with Gasteiger partial charge in [-0.25, -0.2) is 0 Å². The molecule has 0 saturated carbocycles. The molecule has 0 aliphatic rings. The Labute approximate surface area is 147 Å². The van der Waals surface area contributed by atoms with Crippen molar-refractivity contribution >= 4 is 60.4 Å². The van der Waals surface area contributed by atoms with Crippen molar-refractivity contribution in [2.45, 2.75) is 31.6 Å². The predicted molar refractivity (Wildman–Crippen MR) is 77.2 cm³/mol. The van der Waals surface area contributed by atoms with Crippen LogP contribution in [0.1, 0.15) is 31.7 Å². The number of carboxylic acids is 2. The molecule has 19 heavy (non-hydrogen) atoms. The van der Waals surface area contributed by atoms with Gasteiger partial charge < -0.3 is 10.2 Å². The Balaban J connectivity index is 0. The van der Waals surface area contributed by atoms with Gasteiger partial charge in [-0.2, -0.15) is 0 Å². The second kappa shape index (κ2) is 9.63. The van der Waals surface area contributed by atoms with Gasteiger partial charge in [0.05, 0.1) is 0 Å². The first kappa shape index (κ1) is 21.1. The third-order valence-electron chi connectivity index (χ3n) is 2.90. The number of rotatable bonds is 6. The molecule has 0 heterocycles. The van der Waals surface area contributed by atoms with E-state index in [-0.39, 0.29) is 54.8 Å². The summed E-state index contributed by atoms with van der Waals surface area (Å²) in [5.41, 5.74) is -1.49. The van der Waals surface area contributed by atoms with E-state index in [1.54, 1.807) is 30.3 Å². The average molecular weight is 268 g/mol. The van der Waals surface area contributed by atoms with Crippen LogP contribution < -0.4 is 0 Å². The van der Waals surface area contributed by atoms with Crippen molar-refractivity contribution in [3.8, 4) is 0 Å². The summed E-state index contributed by atoms with van der Waals surface area (Å²) in [6.45, 7) is 1.90. The van der Waals surface area contributed by atoms with Crippen LogP contribution in [0.3, 0.4) is 0 Å². The van der Waals surface area contributed by atoms with Crippen LogP contribution in [0.2, 0.25) is 0 Å². The summed E-state index contributed by atoms with van der Waals surface area (Å²) in [7, 11) is 0. The molecule has 0 aromatic heterocycles. The topological polar surface area (TPSA) is 74.6 Å². The quantitative estimate of drug-likeness (QED) is 0.596. The third kappa shape index (κ3) is 4.66. The molecule has 0 radical (unpaired) electrons. The van der Waals surface area contributed by atoms with Gasteiger partial charge in [0.2, 0.25) is 0 Å². The number of aliphatic carboxylic acids is 2. The number of unbranched alkanes of at least 4 members (excludes halogenated alkanes) is 1. The van der Waals surface area contributed by atoms with E-state index in [9.17, 15) is 19.8 Å². The van der Waals surface area contributed by atoms with Crippen molar-refractivity contribution in [2.24, 2.45) is 0 Å². The first-order valence-corrected chi connectivity index (χ1v) is 5.58. The van der Waals surface area contributed by atoms with Crippen LogP contribution in [0.15, 0.2) is 30.3 Å². The van der Waals surface area contributed by atoms with E-state index in [0.29, 0.717) is 12.0 Å². The molecular weight excluding hydrogens is 250 g/mol. The summed E-state index contributed by atoms with van der Waals surface area (Å²) < 4.78 is 0. The molecule has 0 spiro atoms. The van der Waals surface area contributed by atoms with Gasteiger partial charge in [-0.1, -0.05) is 50.1 Å². The first-order valence-electron chi connectivity index (χ1n) is 5.58. The molecule has 1 aromatic rings. The maximum absolute atomic E-state index is 11.4. The summed E-state index contributed by atoms with van der Waals surface area (Å²) in [4.78, 5) is 22.8. The fourth-order valence-corrected chi connectivity index (χ4v) is 1.86. The van der Waals surface area contributed by atoms with E-state index in [1.165, 1.54) is 0 Å². The van der Waals surface area contributed by atoms with Crippen molar-refractivity contribution in [1.82, 2.24) is 0 Å². The summed E-state index contributed by atoms with van der Waals surface area (Å²) in [6, 6.07) is 8.15. The fourth-order valence-electron chi connectivity index (χ4n) is 1.86. The van der Waals surface area contributed by atoms with E-state index < -0.39 is 17.4 Å². The van der Waals surface area contributed by atoms with Crippen molar-refractivity contribution in [3.05, 3.63) is 35.9 Å². The second-order valence-corrected chi connectivity index (χ2v) is 3.99. The van der Waals surface area contributed by atoms with E-state index in [0.717, 1.165) is 6.42 Å². The van der Waals surface area contributed by atoms with Crippen LogP contribution in [0, 0.1) is 0 Å². The van der Waals surface area contributed by atoms with Crippen molar-refractivity contribution < 1.29 is 19.8 Å². The number of carbonyl (C=O) groups is 2. The molecule has 2 N–H and O–H groups in total. The van der Waals surface area contributed by atoms with Crippen LogP contribution in [-0.2, 0) is 15.0 Å². The van der Waals surface area contributed by atoms with E-state index in [4.69, 9.17) is 0 Å². The summed E-state index contributed by atoms with van der Waals surface area (Å²) in [5.74, 6) is -2.60. The van der Waals surface area contributed by atoms with E-state index >= 15 is 0 Å². The van der Waals surface area contributed by atoms with Crippen molar-refractivity contribution in [2.75, 3.05) is 0 Å². The minimum absolute atomic E-state index is 0. The van der Waals surface area contributed by atoms with Gasteiger partial charge in [0, 0.05) is 0 Å². The van der Waals surface area contributed by atoms with E-state index in [1.807, 2.05) is 6.92 Å². The van der Waals surface area contributed by atoms with Crippen molar-refractivity contribution in [3.63, 3.8) is 0 Å². The maximum atomic E-state index is 11.4. The third-order valence-corrected chi connectivity index (χ3v) is 2.90. The van der Waals surface area contributed by atoms with Gasteiger partial charge in [-0.3, -0.25) is 9.59 Å². The molecule has 0 aliphatic carbocycles. The van der Waals surface area contributed by atoms with Crippen molar-refractivity contribution in [1.29, 1.82) is 0 Å². The van der Waals surface area contributed by atoms with Gasteiger partial charge in [-0.15, -0.1) is 0 Å². The standard InChI is InChI=1S/C13H16O4.Li.Na.2H/c1-2-3-9-13(11(14)15,12(16)17)10-7-5-4-6-8-10;;;;/h4-8H,2-3,9H2,1H3,(H,14,15)(H,16,17);;;;. The first-order chi connectivity index (χ1) is 8.05. The Morgan fingerprint density at radius 2 is 1.58 bits per heavy atom. The molecule has 0 amide bonds. The number of hydrogen-bond donors (Lipinski definition) is 2. The Kier molecular flexibility index (Phi) is 10.7. The minimum atomic E-state index is -1.82. The molecule has 1 rings (SSSR count). The molecule has 0 bridgehead atoms. The van der Waals surface area contributed by atoms with Crippen LogP contribution >= 0.6 is 0 Å². The van der Waals surface area contributed by atoms with Crippen LogP contribution in [-0.4, -0.2) is 70.6 Å². The Hall–Kier alpha value is -0.243. The Bertz CT molecular complexity index is 394. The van der Waals surface area contributed by atoms with Gasteiger partial charge in [0.15, 0.2) is 5.41 Å². The molecule has 4 nitrogen and oxygen atoms in total. The van der Waals surface area contributed by atoms with E-state index in [2.05, 4.69) is 0 Å². The SMILES string of the molecule is CCCCC(C(=O)O)(C(=O)O)c1ccccc1.[LiH].[NaH]. The van der Waals surface area contributed by atoms with Crippen LogP contribution in [0.4, 0.5) is 0 Å². The number of benzene rings is 1. The molecule has 0 atom stereocenters. The molecular formula is C13H18LiNaO4. The number of carboxylic acid groups (broad SMARTS) is 2. The average Bonchev–Trinajstić information content (AvgIpc) is 2.30. The summed E-state index contributed by atoms with van der Waals surface area (Å²) in [5, 5.41) is 18.6. The van der Waals surface area contributed by atoms with Crippen LogP contribution in [0.5, 0.6) is 0 Å². The molecule has 0 aliphatic heterocycles. The number of hydrogen-bond acceptors (Lipinski definition) is 2. The summed E-state index contributed by atoms with van der Waals surface area (Å²) in [6.07, 6.45) is 1.43. The molecule has 96 valence electrons. The Morgan fingerprint density at radius 1 is 1.11 bits per heavy atom. The Morgan fingerprint density at radius 3 is 1.95 bits per heavy atom. The summed E-state index contributed by atoms with van der Waals surface area (Å²) >= 11 is 0. The van der Waals surface area contributed by atoms with Gasteiger partial charge in [0.25, 0.3) is 0 Å². The zero-order chi connectivity index (χ0) is 12.9. The molecule has 0 unspecified atom stereocenters. The predicted octanol–water partition coefficient (Wildman–Crippen LogP) is 0.987. The fraction of sp³-hybridized carbons (Fsp3) is 0.385. The van der Waals surface area contributed by atoms with Gasteiger partial charge in [-0.05, 0) is 12.0 Å². The zero-order valence-corrected chi connectivity index (χ0v) is 9.72. The molecule has 6 heteroatoms. The normalized spacial score (nSPS) is 9.95. The zero-order valence-electron chi connectivity index (χ0n) is 9.72. The second-order valence-electron chi connectivity index (χ2n) is 3.99. The van der Waals surface area contributed by atoms with Gasteiger partial charge in [0.1, 0.15) is 0 Å².